The van der Waals surface area contributed by atoms with E-state index in [1.807, 2.05) is 11.8 Å². The second-order valence-corrected chi connectivity index (χ2v) is 8.16. The maximum Gasteiger partial charge on any atom is 0.270 e. The van der Waals surface area contributed by atoms with Gasteiger partial charge in [-0.25, -0.2) is 0 Å². The van der Waals surface area contributed by atoms with E-state index in [2.05, 4.69) is 11.8 Å². The van der Waals surface area contributed by atoms with E-state index < -0.39 is 4.92 Å². The molecule has 0 aromatic heterocycles. The Morgan fingerprint density at radius 2 is 1.93 bits per heavy atom. The highest BCUT2D eigenvalue weighted by atomic mass is 16.6. The Bertz CT molecular complexity index is 683. The highest BCUT2D eigenvalue weighted by Crippen LogP contribution is 2.26. The number of aryl methyl sites for hydroxylation is 1. The molecule has 0 spiro atoms. The van der Waals surface area contributed by atoms with Gasteiger partial charge in [0.15, 0.2) is 0 Å². The first kappa shape index (κ1) is 19.8. The second-order valence-electron chi connectivity index (χ2n) is 8.16. The van der Waals surface area contributed by atoms with E-state index >= 15 is 0 Å². The molecule has 0 bridgehead atoms. The molecule has 148 valence electrons. The number of hydrogen-bond acceptors (Lipinski definition) is 4. The van der Waals surface area contributed by atoms with Crippen LogP contribution >= 0.6 is 0 Å². The first-order chi connectivity index (χ1) is 13.0. The van der Waals surface area contributed by atoms with Crippen LogP contribution in [0.5, 0.6) is 0 Å². The van der Waals surface area contributed by atoms with E-state index in [9.17, 15) is 14.9 Å². The molecule has 2 aliphatic heterocycles. The number of likely N-dealkylation sites (tertiary alicyclic amines) is 2. The largest absolute Gasteiger partial charge is 0.339 e. The normalized spacial score (nSPS) is 22.0. The molecule has 1 atom stereocenters. The molecule has 0 radical (unpaired) electrons. The molecule has 0 saturated carbocycles. The zero-order chi connectivity index (χ0) is 19.4. The number of carbonyl (C=O) groups is 1. The molecule has 3 rings (SSSR count). The minimum absolute atomic E-state index is 0.0190. The zero-order valence-electron chi connectivity index (χ0n) is 16.5. The van der Waals surface area contributed by atoms with Crippen molar-refractivity contribution in [1.82, 2.24) is 9.80 Å². The molecule has 6 nitrogen and oxygen atoms in total. The molecule has 1 aromatic carbocycles. The molecule has 2 aliphatic rings. The van der Waals surface area contributed by atoms with E-state index in [-0.39, 0.29) is 11.6 Å². The molecule has 6 heteroatoms. The molecule has 1 amide bonds. The van der Waals surface area contributed by atoms with Crippen LogP contribution in [-0.4, -0.2) is 52.9 Å². The smallest absolute Gasteiger partial charge is 0.270 e. The lowest BCUT2D eigenvalue weighted by Crippen LogP contribution is -2.41. The Kier molecular flexibility index (Phi) is 6.47. The van der Waals surface area contributed by atoms with Crippen LogP contribution in [0.15, 0.2) is 18.2 Å². The fourth-order valence-corrected chi connectivity index (χ4v) is 4.39. The van der Waals surface area contributed by atoms with Crippen molar-refractivity contribution in [2.24, 2.45) is 5.92 Å². The predicted octanol–water partition coefficient (Wildman–Crippen LogP) is 4.02. The molecular weight excluding hydrogens is 342 g/mol. The molecule has 2 heterocycles. The molecule has 27 heavy (non-hydrogen) atoms. The van der Waals surface area contributed by atoms with Crippen molar-refractivity contribution in [2.75, 3.05) is 26.2 Å². The Balaban J connectivity index is 1.52. The average molecular weight is 373 g/mol. The third kappa shape index (κ3) is 4.86. The number of amides is 1. The average Bonchev–Trinajstić information content (AvgIpc) is 2.67. The van der Waals surface area contributed by atoms with Gasteiger partial charge >= 0.3 is 0 Å². The number of hydrogen-bond donors (Lipinski definition) is 0. The van der Waals surface area contributed by atoms with E-state index in [0.29, 0.717) is 17.5 Å². The molecule has 2 fully saturated rings. The van der Waals surface area contributed by atoms with E-state index in [4.69, 9.17) is 0 Å². The number of nitro groups is 1. The van der Waals surface area contributed by atoms with Crippen molar-refractivity contribution >= 4 is 11.6 Å². The minimum atomic E-state index is -0.440. The Morgan fingerprint density at radius 1 is 1.19 bits per heavy atom. The van der Waals surface area contributed by atoms with Crippen LogP contribution in [0.3, 0.4) is 0 Å². The topological polar surface area (TPSA) is 66.7 Å². The van der Waals surface area contributed by atoms with Gasteiger partial charge in [-0.05, 0) is 70.5 Å². The quantitative estimate of drug-likeness (QED) is 0.577. The highest BCUT2D eigenvalue weighted by Gasteiger charge is 2.26. The summed E-state index contributed by atoms with van der Waals surface area (Å²) >= 11 is 0. The first-order valence-corrected chi connectivity index (χ1v) is 10.2. The first-order valence-electron chi connectivity index (χ1n) is 10.2. The van der Waals surface area contributed by atoms with Gasteiger partial charge in [-0.15, -0.1) is 0 Å². The van der Waals surface area contributed by atoms with Crippen LogP contribution in [0.4, 0.5) is 5.69 Å². The summed E-state index contributed by atoms with van der Waals surface area (Å²) in [6.07, 6.45) is 7.26. The summed E-state index contributed by atoms with van der Waals surface area (Å²) in [6, 6.07) is 5.25. The minimum Gasteiger partial charge on any atom is -0.339 e. The van der Waals surface area contributed by atoms with Gasteiger partial charge in [-0.1, -0.05) is 12.5 Å². The predicted molar refractivity (Wildman–Crippen MR) is 106 cm³/mol. The highest BCUT2D eigenvalue weighted by molar-refractivity contribution is 5.96. The van der Waals surface area contributed by atoms with Gasteiger partial charge in [0.05, 0.1) is 4.92 Å². The molecule has 2 saturated heterocycles. The Labute approximate surface area is 161 Å². The second kappa shape index (κ2) is 8.83. The van der Waals surface area contributed by atoms with Crippen LogP contribution in [0, 0.1) is 23.0 Å². The van der Waals surface area contributed by atoms with Gasteiger partial charge in [0, 0.05) is 36.8 Å². The summed E-state index contributed by atoms with van der Waals surface area (Å²) in [4.78, 5) is 27.9. The summed E-state index contributed by atoms with van der Waals surface area (Å²) in [5.41, 5.74) is 1.24. The maximum absolute atomic E-state index is 12.8. The molecule has 1 unspecified atom stereocenters. The van der Waals surface area contributed by atoms with E-state index in [1.165, 1.54) is 50.9 Å². The number of piperidine rings is 2. The SMILES string of the molecule is Cc1ccc([N+](=O)[O-])cc1C(=O)N1CCC(CCN2CCCCC2C)CC1. The Hall–Kier alpha value is -1.95. The Morgan fingerprint density at radius 3 is 2.59 bits per heavy atom. The van der Waals surface area contributed by atoms with Gasteiger partial charge in [0.25, 0.3) is 11.6 Å². The van der Waals surface area contributed by atoms with Crippen molar-refractivity contribution in [3.8, 4) is 0 Å². The van der Waals surface area contributed by atoms with Crippen LogP contribution in [-0.2, 0) is 0 Å². The number of nitro benzene ring substituents is 1. The van der Waals surface area contributed by atoms with Gasteiger partial charge in [-0.2, -0.15) is 0 Å². The maximum atomic E-state index is 12.8. The third-order valence-electron chi connectivity index (χ3n) is 6.33. The lowest BCUT2D eigenvalue weighted by molar-refractivity contribution is -0.384. The number of non-ortho nitro benzene ring substituents is 1. The van der Waals surface area contributed by atoms with Gasteiger partial charge in [0.1, 0.15) is 0 Å². The summed E-state index contributed by atoms with van der Waals surface area (Å²) in [7, 11) is 0. The summed E-state index contributed by atoms with van der Waals surface area (Å²) in [5, 5.41) is 11.0. The van der Waals surface area contributed by atoms with Gasteiger partial charge in [-0.3, -0.25) is 14.9 Å². The third-order valence-corrected chi connectivity index (χ3v) is 6.33. The number of carbonyl (C=O) groups excluding carboxylic acids is 1. The lowest BCUT2D eigenvalue weighted by atomic mass is 9.92. The van der Waals surface area contributed by atoms with Crippen molar-refractivity contribution in [2.45, 2.75) is 58.4 Å². The van der Waals surface area contributed by atoms with Gasteiger partial charge in [0.2, 0.25) is 0 Å². The van der Waals surface area contributed by atoms with Crippen molar-refractivity contribution in [1.29, 1.82) is 0 Å². The number of nitrogens with zero attached hydrogens (tertiary/aromatic N) is 3. The molecule has 0 aliphatic carbocycles. The monoisotopic (exact) mass is 373 g/mol. The number of rotatable bonds is 5. The van der Waals surface area contributed by atoms with Crippen LogP contribution < -0.4 is 0 Å². The standard InChI is InChI=1S/C21H31N3O3/c1-16-6-7-19(24(26)27)15-20(16)21(25)23-13-9-18(10-14-23)8-12-22-11-4-3-5-17(22)2/h6-7,15,17-18H,3-5,8-14H2,1-2H3. The van der Waals surface area contributed by atoms with Crippen LogP contribution in [0.2, 0.25) is 0 Å². The van der Waals surface area contributed by atoms with Crippen molar-refractivity contribution < 1.29 is 9.72 Å². The zero-order valence-corrected chi connectivity index (χ0v) is 16.5. The van der Waals surface area contributed by atoms with Gasteiger partial charge < -0.3 is 9.80 Å². The summed E-state index contributed by atoms with van der Waals surface area (Å²) in [6.45, 7) is 8.07. The number of benzene rings is 1. The fourth-order valence-electron chi connectivity index (χ4n) is 4.39. The molecule has 0 N–H and O–H groups in total. The molecular formula is C21H31N3O3. The summed E-state index contributed by atoms with van der Waals surface area (Å²) in [5.74, 6) is 0.605. The molecule has 1 aromatic rings. The van der Waals surface area contributed by atoms with Crippen molar-refractivity contribution in [3.05, 3.63) is 39.4 Å². The van der Waals surface area contributed by atoms with Crippen molar-refractivity contribution in [3.63, 3.8) is 0 Å². The van der Waals surface area contributed by atoms with E-state index in [1.54, 1.807) is 6.07 Å². The lowest BCUT2D eigenvalue weighted by Gasteiger charge is -2.36. The van der Waals surface area contributed by atoms with Crippen LogP contribution in [0.1, 0.15) is 61.4 Å². The van der Waals surface area contributed by atoms with Crippen LogP contribution in [0.25, 0.3) is 0 Å². The summed E-state index contributed by atoms with van der Waals surface area (Å²) < 4.78 is 0. The fraction of sp³-hybridized carbons (Fsp3) is 0.667. The van der Waals surface area contributed by atoms with E-state index in [0.717, 1.165) is 31.5 Å².